The number of hydrogen-bond acceptors (Lipinski definition) is 5. The maximum atomic E-state index is 12.9. The molecule has 162 valence electrons. The summed E-state index contributed by atoms with van der Waals surface area (Å²) in [6.07, 6.45) is 1.87. The Bertz CT molecular complexity index is 1090. The summed E-state index contributed by atoms with van der Waals surface area (Å²) in [6, 6.07) is 4.88. The van der Waals surface area contributed by atoms with Gasteiger partial charge in [-0.2, -0.15) is 18.3 Å². The van der Waals surface area contributed by atoms with Gasteiger partial charge in [-0.1, -0.05) is 12.1 Å². The molecule has 0 unspecified atom stereocenters. The standard InChI is InChI=1S/C21H21F3N6O/c1-29-11-15(9-27-29)19(31)30-8-2-3-14(12-30)18-17(10-26-20(25)28-18)13-4-6-16(7-5-13)21(22,23)24/h4-7,9-11,14H,2-3,8,12H2,1H3,(H2,25,26,28)/t14-/m0/s1. The topological polar surface area (TPSA) is 89.9 Å². The van der Waals surface area contributed by atoms with Gasteiger partial charge >= 0.3 is 6.18 Å². The molecule has 0 bridgehead atoms. The van der Waals surface area contributed by atoms with E-state index < -0.39 is 11.7 Å². The molecule has 31 heavy (non-hydrogen) atoms. The van der Waals surface area contributed by atoms with Crippen LogP contribution in [0.1, 0.15) is 40.4 Å². The van der Waals surface area contributed by atoms with Crippen molar-refractivity contribution in [3.63, 3.8) is 0 Å². The Morgan fingerprint density at radius 2 is 1.94 bits per heavy atom. The van der Waals surface area contributed by atoms with Gasteiger partial charge in [0.1, 0.15) is 0 Å². The molecule has 1 aliphatic rings. The normalized spacial score (nSPS) is 17.0. The number of nitrogen functional groups attached to an aromatic ring is 1. The first-order valence-corrected chi connectivity index (χ1v) is 9.80. The third kappa shape index (κ3) is 4.37. The van der Waals surface area contributed by atoms with E-state index >= 15 is 0 Å². The van der Waals surface area contributed by atoms with E-state index in [2.05, 4.69) is 15.1 Å². The fraction of sp³-hybridized carbons (Fsp3) is 0.333. The molecule has 1 atom stereocenters. The Morgan fingerprint density at radius 1 is 1.19 bits per heavy atom. The van der Waals surface area contributed by atoms with Crippen molar-refractivity contribution in [1.29, 1.82) is 0 Å². The molecule has 1 aromatic carbocycles. The zero-order valence-electron chi connectivity index (χ0n) is 16.8. The fourth-order valence-electron chi connectivity index (χ4n) is 3.88. The molecule has 4 rings (SSSR count). The summed E-state index contributed by atoms with van der Waals surface area (Å²) < 4.78 is 40.3. The summed E-state index contributed by atoms with van der Waals surface area (Å²) in [6.45, 7) is 1.04. The maximum absolute atomic E-state index is 12.9. The SMILES string of the molecule is Cn1cc(C(=O)N2CCC[C@H](c3nc(N)ncc3-c3ccc(C(F)(F)F)cc3)C2)cn1. The third-order valence-corrected chi connectivity index (χ3v) is 5.41. The van der Waals surface area contributed by atoms with Crippen LogP contribution in [-0.2, 0) is 13.2 Å². The van der Waals surface area contributed by atoms with Gasteiger partial charge in [0, 0.05) is 44.0 Å². The van der Waals surface area contributed by atoms with Gasteiger partial charge in [0.25, 0.3) is 5.91 Å². The number of hydrogen-bond donors (Lipinski definition) is 1. The molecular formula is C21H21F3N6O. The van der Waals surface area contributed by atoms with Crippen molar-refractivity contribution in [3.05, 3.63) is 59.7 Å². The number of nitrogens with two attached hydrogens (primary N) is 1. The van der Waals surface area contributed by atoms with Crippen LogP contribution in [0.2, 0.25) is 0 Å². The number of aromatic nitrogens is 4. The highest BCUT2D eigenvalue weighted by Gasteiger charge is 2.31. The van der Waals surface area contributed by atoms with Crippen LogP contribution in [0.25, 0.3) is 11.1 Å². The predicted octanol–water partition coefficient (Wildman–Crippen LogP) is 3.50. The van der Waals surface area contributed by atoms with Gasteiger partial charge in [0.2, 0.25) is 5.95 Å². The van der Waals surface area contributed by atoms with E-state index in [0.717, 1.165) is 25.0 Å². The molecule has 1 saturated heterocycles. The van der Waals surface area contributed by atoms with Crippen LogP contribution in [-0.4, -0.2) is 43.6 Å². The largest absolute Gasteiger partial charge is 0.416 e. The average molecular weight is 430 g/mol. The number of halogens is 3. The molecule has 0 radical (unpaired) electrons. The summed E-state index contributed by atoms with van der Waals surface area (Å²) in [5.74, 6) is -0.144. The van der Waals surface area contributed by atoms with Crippen LogP contribution in [0.15, 0.2) is 42.9 Å². The van der Waals surface area contributed by atoms with Crippen molar-refractivity contribution in [3.8, 4) is 11.1 Å². The van der Waals surface area contributed by atoms with E-state index in [9.17, 15) is 18.0 Å². The fourth-order valence-corrected chi connectivity index (χ4v) is 3.88. The molecule has 0 aliphatic carbocycles. The molecule has 2 aromatic heterocycles. The van der Waals surface area contributed by atoms with Crippen LogP contribution < -0.4 is 5.73 Å². The lowest BCUT2D eigenvalue weighted by atomic mass is 9.89. The van der Waals surface area contributed by atoms with Gasteiger partial charge in [-0.3, -0.25) is 9.48 Å². The van der Waals surface area contributed by atoms with Crippen molar-refractivity contribution in [2.75, 3.05) is 18.8 Å². The zero-order chi connectivity index (χ0) is 22.2. The van der Waals surface area contributed by atoms with Crippen molar-refractivity contribution in [2.24, 2.45) is 7.05 Å². The number of rotatable bonds is 3. The number of alkyl halides is 3. The number of carbonyl (C=O) groups is 1. The molecular weight excluding hydrogens is 409 g/mol. The van der Waals surface area contributed by atoms with Gasteiger partial charge < -0.3 is 10.6 Å². The van der Waals surface area contributed by atoms with E-state index in [4.69, 9.17) is 5.73 Å². The van der Waals surface area contributed by atoms with Crippen LogP contribution >= 0.6 is 0 Å². The Kier molecular flexibility index (Phi) is 5.38. The van der Waals surface area contributed by atoms with E-state index in [0.29, 0.717) is 35.5 Å². The monoisotopic (exact) mass is 430 g/mol. The van der Waals surface area contributed by atoms with Crippen LogP contribution in [0.5, 0.6) is 0 Å². The van der Waals surface area contributed by atoms with Gasteiger partial charge in [0.15, 0.2) is 0 Å². The molecule has 1 amide bonds. The van der Waals surface area contributed by atoms with Crippen LogP contribution in [0.3, 0.4) is 0 Å². The second-order valence-corrected chi connectivity index (χ2v) is 7.60. The summed E-state index contributed by atoms with van der Waals surface area (Å²) in [7, 11) is 1.75. The van der Waals surface area contributed by atoms with Gasteiger partial charge in [0.05, 0.1) is 23.0 Å². The Hall–Kier alpha value is -3.43. The molecule has 10 heteroatoms. The smallest absolute Gasteiger partial charge is 0.368 e. The first-order chi connectivity index (χ1) is 14.7. The molecule has 0 saturated carbocycles. The lowest BCUT2D eigenvalue weighted by Gasteiger charge is -2.33. The molecule has 1 aliphatic heterocycles. The third-order valence-electron chi connectivity index (χ3n) is 5.41. The average Bonchev–Trinajstić information content (AvgIpc) is 3.19. The molecule has 0 spiro atoms. The minimum Gasteiger partial charge on any atom is -0.368 e. The summed E-state index contributed by atoms with van der Waals surface area (Å²) in [4.78, 5) is 23.0. The highest BCUT2D eigenvalue weighted by atomic mass is 19.4. The van der Waals surface area contributed by atoms with Gasteiger partial charge in [-0.05, 0) is 30.5 Å². The van der Waals surface area contributed by atoms with E-state index in [1.54, 1.807) is 22.8 Å². The first kappa shape index (κ1) is 20.8. The number of benzene rings is 1. The molecule has 7 nitrogen and oxygen atoms in total. The molecule has 2 N–H and O–H groups in total. The highest BCUT2D eigenvalue weighted by Crippen LogP contribution is 2.35. The summed E-state index contributed by atoms with van der Waals surface area (Å²) >= 11 is 0. The zero-order valence-corrected chi connectivity index (χ0v) is 16.8. The van der Waals surface area contributed by atoms with Crippen molar-refractivity contribution < 1.29 is 18.0 Å². The van der Waals surface area contributed by atoms with Crippen molar-refractivity contribution in [2.45, 2.75) is 24.9 Å². The Morgan fingerprint density at radius 3 is 2.58 bits per heavy atom. The minimum atomic E-state index is -4.41. The lowest BCUT2D eigenvalue weighted by Crippen LogP contribution is -2.39. The quantitative estimate of drug-likeness (QED) is 0.687. The number of nitrogens with zero attached hydrogens (tertiary/aromatic N) is 5. The highest BCUT2D eigenvalue weighted by molar-refractivity contribution is 5.93. The Labute approximate surface area is 176 Å². The number of likely N-dealkylation sites (tertiary alicyclic amines) is 1. The van der Waals surface area contributed by atoms with E-state index in [1.807, 2.05) is 0 Å². The number of amides is 1. The van der Waals surface area contributed by atoms with Crippen LogP contribution in [0, 0.1) is 0 Å². The second-order valence-electron chi connectivity index (χ2n) is 7.60. The maximum Gasteiger partial charge on any atom is 0.416 e. The predicted molar refractivity (Wildman–Crippen MR) is 108 cm³/mol. The molecule has 3 aromatic rings. The van der Waals surface area contributed by atoms with Crippen LogP contribution in [0.4, 0.5) is 19.1 Å². The number of anilines is 1. The van der Waals surface area contributed by atoms with E-state index in [-0.39, 0.29) is 17.8 Å². The number of carbonyl (C=O) groups excluding carboxylic acids is 1. The van der Waals surface area contributed by atoms with Gasteiger partial charge in [-0.15, -0.1) is 0 Å². The van der Waals surface area contributed by atoms with Crippen molar-refractivity contribution in [1.82, 2.24) is 24.6 Å². The summed E-state index contributed by atoms with van der Waals surface area (Å²) in [5.41, 5.74) is 7.42. The summed E-state index contributed by atoms with van der Waals surface area (Å²) in [5, 5.41) is 4.05. The van der Waals surface area contributed by atoms with E-state index in [1.165, 1.54) is 24.5 Å². The van der Waals surface area contributed by atoms with Gasteiger partial charge in [-0.25, -0.2) is 9.97 Å². The Balaban J connectivity index is 1.63. The molecule has 1 fully saturated rings. The first-order valence-electron chi connectivity index (χ1n) is 9.80. The minimum absolute atomic E-state index is 0.0846. The second kappa shape index (κ2) is 8.01. The number of piperidine rings is 1. The number of aryl methyl sites for hydroxylation is 1. The lowest BCUT2D eigenvalue weighted by molar-refractivity contribution is -0.137. The van der Waals surface area contributed by atoms with Crippen molar-refractivity contribution >= 4 is 11.9 Å². The molecule has 3 heterocycles.